The summed E-state index contributed by atoms with van der Waals surface area (Å²) in [5, 5.41) is 8.24. The van der Waals surface area contributed by atoms with E-state index in [0.29, 0.717) is 24.2 Å². The van der Waals surface area contributed by atoms with Gasteiger partial charge in [0.1, 0.15) is 11.2 Å². The van der Waals surface area contributed by atoms with Crippen molar-refractivity contribution in [2.75, 3.05) is 13.1 Å². The molecule has 0 radical (unpaired) electrons. The SMILES string of the molecule is CCn1c(-c2nc3cc(C(=O)N4C[C@@H](NC(=O)OC(C)(C)C)CC[C@H]4C)ccc3n2C)cc2ccccc21.CCn1c(-c2nc3cc(C(=O)N4C[C@H](NC(=O)OC(C)(C)C)CC[C@@H]4C)ccc3n2C)cc2ccccc21. The fourth-order valence-electron chi connectivity index (χ4n) is 10.9. The van der Waals surface area contributed by atoms with Crippen LogP contribution in [0.4, 0.5) is 9.59 Å². The first-order valence-corrected chi connectivity index (χ1v) is 26.8. The minimum atomic E-state index is -0.565. The molecule has 4 amide bonds. The van der Waals surface area contributed by atoms with Crippen LogP contribution < -0.4 is 10.6 Å². The molecule has 2 N–H and O–H groups in total. The third kappa shape index (κ3) is 11.0. The number of nitrogens with zero attached hydrogens (tertiary/aromatic N) is 8. The van der Waals surface area contributed by atoms with E-state index in [1.165, 1.54) is 21.8 Å². The maximum absolute atomic E-state index is 13.6. The topological polar surface area (TPSA) is 163 Å². The van der Waals surface area contributed by atoms with Gasteiger partial charge >= 0.3 is 12.2 Å². The zero-order chi connectivity index (χ0) is 54.4. The Morgan fingerprint density at radius 2 is 0.921 bits per heavy atom. The van der Waals surface area contributed by atoms with Crippen LogP contribution in [-0.2, 0) is 36.7 Å². The normalized spacial score (nSPS) is 18.2. The molecule has 16 heteroatoms. The van der Waals surface area contributed by atoms with Crippen molar-refractivity contribution in [3.05, 3.63) is 108 Å². The van der Waals surface area contributed by atoms with Gasteiger partial charge in [-0.25, -0.2) is 19.6 Å². The highest BCUT2D eigenvalue weighted by Crippen LogP contribution is 2.33. The Labute approximate surface area is 445 Å². The number of benzene rings is 4. The van der Waals surface area contributed by atoms with Crippen molar-refractivity contribution in [2.24, 2.45) is 14.1 Å². The van der Waals surface area contributed by atoms with Crippen molar-refractivity contribution in [1.82, 2.24) is 48.7 Å². The van der Waals surface area contributed by atoms with E-state index in [9.17, 15) is 19.2 Å². The predicted molar refractivity (Wildman–Crippen MR) is 300 cm³/mol. The highest BCUT2D eigenvalue weighted by molar-refractivity contribution is 6.00. The van der Waals surface area contributed by atoms with Crippen LogP contribution in [0.25, 0.3) is 66.9 Å². The minimum absolute atomic E-state index is 0.0510. The number of para-hydroxylation sites is 2. The van der Waals surface area contributed by atoms with Gasteiger partial charge in [-0.15, -0.1) is 0 Å². The molecule has 0 aliphatic carbocycles. The molecule has 0 spiro atoms. The summed E-state index contributed by atoms with van der Waals surface area (Å²) in [6, 6.07) is 32.4. The number of amides is 4. The molecule has 76 heavy (non-hydrogen) atoms. The fraction of sp³-hybridized carbons (Fsp3) is 0.433. The van der Waals surface area contributed by atoms with Crippen LogP contribution >= 0.6 is 0 Å². The summed E-state index contributed by atoms with van der Waals surface area (Å²) in [6.45, 7) is 22.0. The number of imidazole rings is 2. The number of likely N-dealkylation sites (tertiary alicyclic amines) is 2. The molecule has 6 heterocycles. The Hall–Kier alpha value is -7.62. The maximum Gasteiger partial charge on any atom is 0.407 e. The van der Waals surface area contributed by atoms with Gasteiger partial charge in [0, 0.05) is 97.4 Å². The summed E-state index contributed by atoms with van der Waals surface area (Å²) in [4.78, 5) is 65.6. The number of carbonyl (C=O) groups excluding carboxylic acids is 4. The van der Waals surface area contributed by atoms with E-state index < -0.39 is 23.4 Å². The zero-order valence-corrected chi connectivity index (χ0v) is 46.2. The number of aryl methyl sites for hydroxylation is 4. The van der Waals surface area contributed by atoms with E-state index >= 15 is 0 Å². The standard InChI is InChI=1S/2C30H37N5O3/c2*1-7-34-24-11-9-8-10-20(24)17-26(34)27-32-23-16-21(13-15-25(23)33(27)6)28(36)35-18-22(14-12-19(35)2)31-29(37)38-30(3,4)5/h2*8-11,13,15-17,19,22H,7,12,14,18H2,1-6H3,(H,31,37)/t2*19-,22+/m10/s1. The highest BCUT2D eigenvalue weighted by atomic mass is 16.6. The lowest BCUT2D eigenvalue weighted by Gasteiger charge is -2.38. The maximum atomic E-state index is 13.6. The third-order valence-electron chi connectivity index (χ3n) is 14.7. The van der Waals surface area contributed by atoms with Crippen LogP contribution in [0, 0.1) is 0 Å². The van der Waals surface area contributed by atoms with Crippen LogP contribution in [0.2, 0.25) is 0 Å². The molecule has 10 rings (SSSR count). The monoisotopic (exact) mass is 1030 g/mol. The van der Waals surface area contributed by atoms with Crippen LogP contribution in [0.3, 0.4) is 0 Å². The molecule has 0 unspecified atom stereocenters. The number of fused-ring (bicyclic) bond motifs is 4. The van der Waals surface area contributed by atoms with Gasteiger partial charge in [-0.3, -0.25) is 9.59 Å². The minimum Gasteiger partial charge on any atom is -0.444 e. The molecule has 16 nitrogen and oxygen atoms in total. The van der Waals surface area contributed by atoms with E-state index in [4.69, 9.17) is 19.4 Å². The molecular formula is C60H74N10O6. The Morgan fingerprint density at radius 1 is 0.539 bits per heavy atom. The average molecular weight is 1030 g/mol. The molecule has 8 aromatic rings. The van der Waals surface area contributed by atoms with Crippen LogP contribution in [0.5, 0.6) is 0 Å². The lowest BCUT2D eigenvalue weighted by Crippen LogP contribution is -2.53. The van der Waals surface area contributed by atoms with E-state index in [-0.39, 0.29) is 36.0 Å². The van der Waals surface area contributed by atoms with Gasteiger partial charge in [0.25, 0.3) is 11.8 Å². The number of alkyl carbamates (subject to hydrolysis) is 2. The number of hydrogen-bond acceptors (Lipinski definition) is 8. The molecule has 0 saturated carbocycles. The smallest absolute Gasteiger partial charge is 0.407 e. The van der Waals surface area contributed by atoms with Crippen molar-refractivity contribution >= 4 is 67.9 Å². The van der Waals surface area contributed by atoms with Crippen LogP contribution in [0.1, 0.15) is 116 Å². The lowest BCUT2D eigenvalue weighted by atomic mass is 9.98. The summed E-state index contributed by atoms with van der Waals surface area (Å²) in [5.41, 5.74) is 8.06. The van der Waals surface area contributed by atoms with E-state index in [0.717, 1.165) is 83.9 Å². The molecule has 2 aliphatic heterocycles. The third-order valence-corrected chi connectivity index (χ3v) is 14.7. The highest BCUT2D eigenvalue weighted by Gasteiger charge is 2.34. The predicted octanol–water partition coefficient (Wildman–Crippen LogP) is 11.5. The first-order valence-electron chi connectivity index (χ1n) is 26.8. The number of hydrogen-bond donors (Lipinski definition) is 2. The Kier molecular flexibility index (Phi) is 14.8. The van der Waals surface area contributed by atoms with Gasteiger partial charge in [-0.1, -0.05) is 36.4 Å². The number of carbonyl (C=O) groups is 4. The summed E-state index contributed by atoms with van der Waals surface area (Å²) < 4.78 is 19.6. The average Bonchev–Trinajstić information content (AvgIpc) is 4.14. The van der Waals surface area contributed by atoms with Gasteiger partial charge in [0.2, 0.25) is 0 Å². The van der Waals surface area contributed by atoms with Crippen molar-refractivity contribution in [3.63, 3.8) is 0 Å². The summed E-state index contributed by atoms with van der Waals surface area (Å²) in [6.07, 6.45) is 2.33. The molecule has 2 aliphatic rings. The molecule has 4 atom stereocenters. The van der Waals surface area contributed by atoms with E-state index in [1.807, 2.05) is 114 Å². The number of aromatic nitrogens is 6. The molecule has 2 fully saturated rings. The molecular weight excluding hydrogens is 957 g/mol. The number of nitrogens with one attached hydrogen (secondary N) is 2. The number of piperidine rings is 2. The molecule has 0 bridgehead atoms. The van der Waals surface area contributed by atoms with Crippen molar-refractivity contribution in [1.29, 1.82) is 0 Å². The molecule has 2 saturated heterocycles. The van der Waals surface area contributed by atoms with E-state index in [1.54, 1.807) is 0 Å². The molecule has 4 aromatic carbocycles. The summed E-state index contributed by atoms with van der Waals surface area (Å²) in [5.74, 6) is 1.64. The lowest BCUT2D eigenvalue weighted by molar-refractivity contribution is 0.0410. The zero-order valence-electron chi connectivity index (χ0n) is 46.2. The largest absolute Gasteiger partial charge is 0.444 e. The Bertz CT molecular complexity index is 3250. The van der Waals surface area contributed by atoms with E-state index in [2.05, 4.69) is 105 Å². The summed E-state index contributed by atoms with van der Waals surface area (Å²) >= 11 is 0. The number of rotatable bonds is 8. The quantitative estimate of drug-likeness (QED) is 0.152. The van der Waals surface area contributed by atoms with Crippen molar-refractivity contribution in [3.8, 4) is 23.0 Å². The Balaban J connectivity index is 0.000000186. The second-order valence-corrected chi connectivity index (χ2v) is 22.5. The number of ether oxygens (including phenoxy) is 2. The van der Waals surface area contributed by atoms with Gasteiger partial charge in [0.15, 0.2) is 11.6 Å². The van der Waals surface area contributed by atoms with Gasteiger partial charge < -0.3 is 48.2 Å². The first-order chi connectivity index (χ1) is 36.1. The molecule has 400 valence electrons. The molecule has 4 aromatic heterocycles. The second-order valence-electron chi connectivity index (χ2n) is 22.5. The van der Waals surface area contributed by atoms with Crippen molar-refractivity contribution < 1.29 is 28.7 Å². The second kappa shape index (κ2) is 21.2. The van der Waals surface area contributed by atoms with Gasteiger partial charge in [-0.2, -0.15) is 0 Å². The van der Waals surface area contributed by atoms with Crippen LogP contribution in [0.15, 0.2) is 97.1 Å². The van der Waals surface area contributed by atoms with Gasteiger partial charge in [-0.05, 0) is 156 Å². The van der Waals surface area contributed by atoms with Crippen molar-refractivity contribution in [2.45, 2.75) is 143 Å². The fourth-order valence-corrected chi connectivity index (χ4v) is 10.9. The van der Waals surface area contributed by atoms with Crippen LogP contribution in [-0.4, -0.2) is 110 Å². The first kappa shape index (κ1) is 53.2. The summed E-state index contributed by atoms with van der Waals surface area (Å²) in [7, 11) is 4.03. The Morgan fingerprint density at radius 3 is 1.29 bits per heavy atom. The van der Waals surface area contributed by atoms with Gasteiger partial charge in [0.05, 0.1) is 33.5 Å².